The Morgan fingerprint density at radius 1 is 1.27 bits per heavy atom. The van der Waals surface area contributed by atoms with E-state index in [9.17, 15) is 0 Å². The number of rotatable bonds is 1. The van der Waals surface area contributed by atoms with E-state index in [1.165, 1.54) is 19.3 Å². The van der Waals surface area contributed by atoms with Crippen LogP contribution in [0.5, 0.6) is 0 Å². The van der Waals surface area contributed by atoms with Crippen LogP contribution in [0.3, 0.4) is 0 Å². The molecular formula is C11H14ClN3. The predicted molar refractivity (Wildman–Crippen MR) is 59.0 cm³/mol. The van der Waals surface area contributed by atoms with Gasteiger partial charge in [0.1, 0.15) is 11.0 Å². The van der Waals surface area contributed by atoms with Crippen LogP contribution in [0.1, 0.15) is 42.3 Å². The molecule has 1 aromatic heterocycles. The van der Waals surface area contributed by atoms with Crippen molar-refractivity contribution in [3.8, 4) is 0 Å². The minimum absolute atomic E-state index is 0.565. The van der Waals surface area contributed by atoms with Gasteiger partial charge in [-0.1, -0.05) is 18.0 Å². The van der Waals surface area contributed by atoms with Gasteiger partial charge in [0.15, 0.2) is 0 Å². The molecule has 2 aliphatic rings. The lowest BCUT2D eigenvalue weighted by atomic mass is 9.84. The van der Waals surface area contributed by atoms with Crippen molar-refractivity contribution in [3.05, 3.63) is 22.2 Å². The van der Waals surface area contributed by atoms with Gasteiger partial charge in [-0.2, -0.15) is 0 Å². The Bertz CT molecular complexity index is 388. The molecular weight excluding hydrogens is 210 g/mol. The van der Waals surface area contributed by atoms with Crippen molar-refractivity contribution >= 4 is 11.6 Å². The summed E-state index contributed by atoms with van der Waals surface area (Å²) in [5.41, 5.74) is 2.27. The molecule has 1 aliphatic carbocycles. The molecule has 0 radical (unpaired) electrons. The van der Waals surface area contributed by atoms with Gasteiger partial charge in [-0.25, -0.2) is 9.97 Å². The second-order valence-corrected chi connectivity index (χ2v) is 4.71. The third kappa shape index (κ3) is 1.64. The lowest BCUT2D eigenvalue weighted by molar-refractivity contribution is 0.398. The van der Waals surface area contributed by atoms with Gasteiger partial charge in [0.05, 0.1) is 5.69 Å². The highest BCUT2D eigenvalue weighted by molar-refractivity contribution is 6.30. The molecule has 1 aliphatic heterocycles. The van der Waals surface area contributed by atoms with Crippen LogP contribution in [-0.4, -0.2) is 16.5 Å². The summed E-state index contributed by atoms with van der Waals surface area (Å²) < 4.78 is 0. The van der Waals surface area contributed by atoms with Gasteiger partial charge in [-0.3, -0.25) is 0 Å². The minimum Gasteiger partial charge on any atom is -0.311 e. The molecule has 80 valence electrons. The Balaban J connectivity index is 2.00. The van der Waals surface area contributed by atoms with Crippen LogP contribution in [0.2, 0.25) is 5.15 Å². The van der Waals surface area contributed by atoms with Crippen LogP contribution >= 0.6 is 11.6 Å². The number of fused-ring (bicyclic) bond motifs is 1. The number of nitrogens with one attached hydrogen (secondary N) is 1. The van der Waals surface area contributed by atoms with Crippen LogP contribution in [0.15, 0.2) is 0 Å². The highest BCUT2D eigenvalue weighted by Gasteiger charge is 2.25. The first kappa shape index (κ1) is 9.55. The molecule has 1 N–H and O–H groups in total. The maximum Gasteiger partial charge on any atom is 0.136 e. The molecule has 3 nitrogen and oxygen atoms in total. The molecule has 2 heterocycles. The van der Waals surface area contributed by atoms with Crippen molar-refractivity contribution in [2.75, 3.05) is 6.54 Å². The van der Waals surface area contributed by atoms with Gasteiger partial charge in [0, 0.05) is 18.0 Å². The molecule has 1 aromatic rings. The fraction of sp³-hybridized carbons (Fsp3) is 0.636. The van der Waals surface area contributed by atoms with Crippen molar-refractivity contribution in [1.82, 2.24) is 15.3 Å². The third-order valence-electron chi connectivity index (χ3n) is 3.37. The summed E-state index contributed by atoms with van der Waals surface area (Å²) in [6.07, 6.45) is 4.71. The molecule has 0 aromatic carbocycles. The summed E-state index contributed by atoms with van der Waals surface area (Å²) in [5.74, 6) is 1.53. The number of aromatic nitrogens is 2. The molecule has 0 bridgehead atoms. The molecule has 1 saturated carbocycles. The zero-order valence-corrected chi connectivity index (χ0v) is 9.35. The summed E-state index contributed by atoms with van der Waals surface area (Å²) in [5, 5.41) is 4.01. The molecule has 0 saturated heterocycles. The Kier molecular flexibility index (Phi) is 2.37. The second kappa shape index (κ2) is 3.72. The maximum absolute atomic E-state index is 6.19. The average Bonchev–Trinajstić information content (AvgIpc) is 2.15. The van der Waals surface area contributed by atoms with Gasteiger partial charge in [0.25, 0.3) is 0 Å². The van der Waals surface area contributed by atoms with Gasteiger partial charge in [0.2, 0.25) is 0 Å². The SMILES string of the molecule is Clc1nc(C2CCC2)nc2c1CCNC2. The summed E-state index contributed by atoms with van der Waals surface area (Å²) in [6, 6.07) is 0. The maximum atomic E-state index is 6.19. The smallest absolute Gasteiger partial charge is 0.136 e. The number of hydrogen-bond acceptors (Lipinski definition) is 3. The van der Waals surface area contributed by atoms with E-state index in [-0.39, 0.29) is 0 Å². The average molecular weight is 224 g/mol. The zero-order valence-electron chi connectivity index (χ0n) is 8.59. The zero-order chi connectivity index (χ0) is 10.3. The van der Waals surface area contributed by atoms with E-state index >= 15 is 0 Å². The highest BCUT2D eigenvalue weighted by atomic mass is 35.5. The van der Waals surface area contributed by atoms with Gasteiger partial charge >= 0.3 is 0 Å². The predicted octanol–water partition coefficient (Wildman–Crippen LogP) is 2.04. The van der Waals surface area contributed by atoms with Crippen molar-refractivity contribution in [1.29, 1.82) is 0 Å². The summed E-state index contributed by atoms with van der Waals surface area (Å²) in [7, 11) is 0. The first-order chi connectivity index (χ1) is 7.34. The van der Waals surface area contributed by atoms with Crippen LogP contribution in [0.25, 0.3) is 0 Å². The molecule has 15 heavy (non-hydrogen) atoms. The van der Waals surface area contributed by atoms with E-state index in [0.717, 1.165) is 36.6 Å². The third-order valence-corrected chi connectivity index (χ3v) is 3.69. The van der Waals surface area contributed by atoms with Crippen LogP contribution in [0, 0.1) is 0 Å². The second-order valence-electron chi connectivity index (χ2n) is 4.35. The Morgan fingerprint density at radius 3 is 2.87 bits per heavy atom. The standard InChI is InChI=1S/C11H14ClN3/c12-10-8-4-5-13-6-9(8)14-11(15-10)7-2-1-3-7/h7,13H,1-6H2. The quantitative estimate of drug-likeness (QED) is 0.741. The van der Waals surface area contributed by atoms with Crippen molar-refractivity contribution < 1.29 is 0 Å². The Morgan fingerprint density at radius 2 is 2.13 bits per heavy atom. The number of nitrogens with zero attached hydrogens (tertiary/aromatic N) is 2. The van der Waals surface area contributed by atoms with E-state index in [1.54, 1.807) is 0 Å². The summed E-state index contributed by atoms with van der Waals surface area (Å²) in [6.45, 7) is 1.83. The lowest BCUT2D eigenvalue weighted by Crippen LogP contribution is -2.27. The molecule has 1 fully saturated rings. The minimum atomic E-state index is 0.565. The lowest BCUT2D eigenvalue weighted by Gasteiger charge is -2.26. The van der Waals surface area contributed by atoms with E-state index in [0.29, 0.717) is 11.1 Å². The summed E-state index contributed by atoms with van der Waals surface area (Å²) >= 11 is 6.19. The molecule has 0 unspecified atom stereocenters. The fourth-order valence-electron chi connectivity index (χ4n) is 2.18. The number of hydrogen-bond donors (Lipinski definition) is 1. The van der Waals surface area contributed by atoms with Crippen molar-refractivity contribution in [2.45, 2.75) is 38.1 Å². The van der Waals surface area contributed by atoms with Crippen molar-refractivity contribution in [3.63, 3.8) is 0 Å². The summed E-state index contributed by atoms with van der Waals surface area (Å²) in [4.78, 5) is 9.07. The van der Waals surface area contributed by atoms with Crippen LogP contribution in [-0.2, 0) is 13.0 Å². The molecule has 3 rings (SSSR count). The molecule has 0 spiro atoms. The van der Waals surface area contributed by atoms with Crippen LogP contribution in [0.4, 0.5) is 0 Å². The fourth-order valence-corrected chi connectivity index (χ4v) is 2.47. The van der Waals surface area contributed by atoms with E-state index in [1.807, 2.05) is 0 Å². The van der Waals surface area contributed by atoms with Crippen molar-refractivity contribution in [2.24, 2.45) is 0 Å². The van der Waals surface area contributed by atoms with E-state index < -0.39 is 0 Å². The largest absolute Gasteiger partial charge is 0.311 e. The first-order valence-electron chi connectivity index (χ1n) is 5.60. The van der Waals surface area contributed by atoms with Gasteiger partial charge in [-0.05, 0) is 25.8 Å². The molecule has 0 atom stereocenters. The molecule has 4 heteroatoms. The van der Waals surface area contributed by atoms with Crippen LogP contribution < -0.4 is 5.32 Å². The number of halogens is 1. The van der Waals surface area contributed by atoms with Gasteiger partial charge in [-0.15, -0.1) is 0 Å². The van der Waals surface area contributed by atoms with E-state index in [4.69, 9.17) is 11.6 Å². The van der Waals surface area contributed by atoms with E-state index in [2.05, 4.69) is 15.3 Å². The molecule has 0 amide bonds. The first-order valence-corrected chi connectivity index (χ1v) is 5.98. The topological polar surface area (TPSA) is 37.8 Å². The Hall–Kier alpha value is -0.670. The highest BCUT2D eigenvalue weighted by Crippen LogP contribution is 2.35. The Labute approximate surface area is 94.3 Å². The monoisotopic (exact) mass is 223 g/mol. The van der Waals surface area contributed by atoms with Gasteiger partial charge < -0.3 is 5.32 Å². The normalized spacial score (nSPS) is 20.9.